The Labute approximate surface area is 164 Å². The lowest BCUT2D eigenvalue weighted by Crippen LogP contribution is -2.12. The van der Waals surface area contributed by atoms with E-state index in [1.807, 2.05) is 61.5 Å². The van der Waals surface area contributed by atoms with Crippen LogP contribution in [0.1, 0.15) is 45.9 Å². The van der Waals surface area contributed by atoms with Gasteiger partial charge in [-0.15, -0.1) is 0 Å². The van der Waals surface area contributed by atoms with Crippen LogP contribution < -0.4 is 5.32 Å². The molecular weight excluding hydrogens is 352 g/mol. The summed E-state index contributed by atoms with van der Waals surface area (Å²) in [5.41, 5.74) is 4.35. The molecule has 0 aliphatic heterocycles. The zero-order valence-corrected chi connectivity index (χ0v) is 15.9. The van der Waals surface area contributed by atoms with E-state index in [4.69, 9.17) is 9.52 Å². The van der Waals surface area contributed by atoms with Crippen LogP contribution in [0.5, 0.6) is 0 Å². The minimum Gasteiger partial charge on any atom is -0.444 e. The number of benzene rings is 2. The second-order valence-electron chi connectivity index (χ2n) is 6.65. The lowest BCUT2D eigenvalue weighted by Gasteiger charge is -2.05. The summed E-state index contributed by atoms with van der Waals surface area (Å²) < 4.78 is 5.36. The molecule has 0 aliphatic carbocycles. The molecular formula is C23H24N2O3. The van der Waals surface area contributed by atoms with E-state index in [0.29, 0.717) is 11.6 Å². The summed E-state index contributed by atoms with van der Waals surface area (Å²) in [5, 5.41) is 11.7. The van der Waals surface area contributed by atoms with E-state index in [-0.39, 0.29) is 18.2 Å². The highest BCUT2D eigenvalue weighted by Gasteiger charge is 2.11. The van der Waals surface area contributed by atoms with Gasteiger partial charge in [-0.25, -0.2) is 4.98 Å². The van der Waals surface area contributed by atoms with Crippen molar-refractivity contribution in [1.29, 1.82) is 0 Å². The number of nitrogens with one attached hydrogen (secondary N) is 1. The van der Waals surface area contributed by atoms with E-state index in [2.05, 4.69) is 10.3 Å². The smallest absolute Gasteiger partial charge is 0.277 e. The van der Waals surface area contributed by atoms with Gasteiger partial charge in [-0.2, -0.15) is 0 Å². The number of aliphatic hydroxyl groups is 1. The van der Waals surface area contributed by atoms with Crippen LogP contribution in [-0.4, -0.2) is 22.6 Å². The zero-order valence-electron chi connectivity index (χ0n) is 15.9. The molecule has 0 radical (unpaired) electrons. The first-order valence-corrected chi connectivity index (χ1v) is 9.35. The number of carbonyl (C=O) groups is 1. The molecule has 5 heteroatoms. The van der Waals surface area contributed by atoms with Gasteiger partial charge in [0, 0.05) is 18.4 Å². The van der Waals surface area contributed by atoms with Crippen LogP contribution >= 0.6 is 0 Å². The summed E-state index contributed by atoms with van der Waals surface area (Å²) in [6.07, 6.45) is 7.64. The van der Waals surface area contributed by atoms with Gasteiger partial charge in [0.25, 0.3) is 5.91 Å². The van der Waals surface area contributed by atoms with Gasteiger partial charge in [-0.1, -0.05) is 42.0 Å². The van der Waals surface area contributed by atoms with Gasteiger partial charge in [0.1, 0.15) is 6.26 Å². The fourth-order valence-electron chi connectivity index (χ4n) is 2.70. The van der Waals surface area contributed by atoms with Gasteiger partial charge in [-0.3, -0.25) is 4.79 Å². The molecule has 1 aromatic heterocycles. The minimum atomic E-state index is -0.313. The van der Waals surface area contributed by atoms with Crippen molar-refractivity contribution in [2.45, 2.75) is 26.2 Å². The number of nitrogens with zero attached hydrogens (tertiary/aromatic N) is 1. The predicted molar refractivity (Wildman–Crippen MR) is 111 cm³/mol. The number of aryl methyl sites for hydroxylation is 2. The van der Waals surface area contributed by atoms with Crippen LogP contribution in [0.25, 0.3) is 12.2 Å². The van der Waals surface area contributed by atoms with E-state index in [1.165, 1.54) is 17.4 Å². The fourth-order valence-corrected chi connectivity index (χ4v) is 2.70. The molecule has 28 heavy (non-hydrogen) atoms. The second kappa shape index (κ2) is 9.67. The molecule has 0 unspecified atom stereocenters. The summed E-state index contributed by atoms with van der Waals surface area (Å²) >= 11 is 0. The van der Waals surface area contributed by atoms with Crippen LogP contribution in [-0.2, 0) is 6.42 Å². The Bertz CT molecular complexity index is 925. The lowest BCUT2D eigenvalue weighted by atomic mass is 10.1. The van der Waals surface area contributed by atoms with Crippen molar-refractivity contribution < 1.29 is 14.3 Å². The number of aliphatic hydroxyl groups excluding tert-OH is 1. The SMILES string of the molecule is Cc1ccc(/C=C/c2nc(C(=O)Nc3ccc(CCCCO)cc3)co2)cc1. The number of oxazole rings is 1. The molecule has 2 N–H and O–H groups in total. The predicted octanol–water partition coefficient (Wildman–Crippen LogP) is 4.72. The largest absolute Gasteiger partial charge is 0.444 e. The number of hydrogen-bond donors (Lipinski definition) is 2. The number of aromatic nitrogens is 1. The first-order valence-electron chi connectivity index (χ1n) is 9.35. The molecule has 2 aromatic carbocycles. The first-order chi connectivity index (χ1) is 13.6. The number of rotatable bonds is 8. The van der Waals surface area contributed by atoms with E-state index in [0.717, 1.165) is 24.8 Å². The average Bonchev–Trinajstić information content (AvgIpc) is 3.18. The van der Waals surface area contributed by atoms with E-state index in [1.54, 1.807) is 6.08 Å². The summed E-state index contributed by atoms with van der Waals surface area (Å²) in [5.74, 6) is 0.0664. The Morgan fingerprint density at radius 1 is 1.07 bits per heavy atom. The van der Waals surface area contributed by atoms with Crippen molar-refractivity contribution in [3.05, 3.63) is 83.1 Å². The summed E-state index contributed by atoms with van der Waals surface area (Å²) in [7, 11) is 0. The molecule has 1 amide bonds. The van der Waals surface area contributed by atoms with Crippen molar-refractivity contribution in [1.82, 2.24) is 4.98 Å². The normalized spacial score (nSPS) is 11.1. The molecule has 3 rings (SSSR count). The Balaban J connectivity index is 1.57. The van der Waals surface area contributed by atoms with Gasteiger partial charge < -0.3 is 14.8 Å². The van der Waals surface area contributed by atoms with Gasteiger partial charge in [0.05, 0.1) is 0 Å². The highest BCUT2D eigenvalue weighted by Crippen LogP contribution is 2.14. The molecule has 0 aliphatic rings. The third-order valence-corrected chi connectivity index (χ3v) is 4.34. The maximum Gasteiger partial charge on any atom is 0.277 e. The van der Waals surface area contributed by atoms with E-state index in [9.17, 15) is 4.79 Å². The van der Waals surface area contributed by atoms with Crippen LogP contribution in [0.2, 0.25) is 0 Å². The monoisotopic (exact) mass is 376 g/mol. The molecule has 0 saturated carbocycles. The van der Waals surface area contributed by atoms with Gasteiger partial charge >= 0.3 is 0 Å². The van der Waals surface area contributed by atoms with Crippen molar-refractivity contribution in [3.8, 4) is 0 Å². The summed E-state index contributed by atoms with van der Waals surface area (Å²) in [6, 6.07) is 15.8. The summed E-state index contributed by atoms with van der Waals surface area (Å²) in [4.78, 5) is 16.6. The third kappa shape index (κ3) is 5.66. The maximum atomic E-state index is 12.3. The highest BCUT2D eigenvalue weighted by atomic mass is 16.3. The second-order valence-corrected chi connectivity index (χ2v) is 6.65. The molecule has 0 fully saturated rings. The molecule has 3 aromatic rings. The Kier molecular flexibility index (Phi) is 6.76. The van der Waals surface area contributed by atoms with Crippen molar-refractivity contribution >= 4 is 23.7 Å². The Morgan fingerprint density at radius 3 is 2.54 bits per heavy atom. The van der Waals surface area contributed by atoms with Crippen LogP contribution in [0.15, 0.2) is 59.2 Å². The van der Waals surface area contributed by atoms with Crippen molar-refractivity contribution in [3.63, 3.8) is 0 Å². The zero-order chi connectivity index (χ0) is 19.8. The van der Waals surface area contributed by atoms with E-state index < -0.39 is 0 Å². The molecule has 5 nitrogen and oxygen atoms in total. The first kappa shape index (κ1) is 19.6. The number of carbonyl (C=O) groups excluding carboxylic acids is 1. The van der Waals surface area contributed by atoms with E-state index >= 15 is 0 Å². The van der Waals surface area contributed by atoms with Crippen LogP contribution in [0.3, 0.4) is 0 Å². The Morgan fingerprint density at radius 2 is 1.82 bits per heavy atom. The molecule has 0 saturated heterocycles. The molecule has 144 valence electrons. The average molecular weight is 376 g/mol. The topological polar surface area (TPSA) is 75.4 Å². The maximum absolute atomic E-state index is 12.3. The standard InChI is InChI=1S/C23H24N2O3/c1-17-5-7-19(8-6-17)11-14-22-25-21(16-28-22)23(27)24-20-12-9-18(10-13-20)4-2-3-15-26/h5-14,16,26H,2-4,15H2,1H3,(H,24,27)/b14-11+. The third-order valence-electron chi connectivity index (χ3n) is 4.34. The number of amides is 1. The number of hydrogen-bond acceptors (Lipinski definition) is 4. The van der Waals surface area contributed by atoms with Crippen molar-refractivity contribution in [2.75, 3.05) is 11.9 Å². The number of unbranched alkanes of at least 4 members (excludes halogenated alkanes) is 1. The van der Waals surface area contributed by atoms with Crippen LogP contribution in [0, 0.1) is 6.92 Å². The van der Waals surface area contributed by atoms with Gasteiger partial charge in [-0.05, 0) is 55.5 Å². The van der Waals surface area contributed by atoms with Crippen LogP contribution in [0.4, 0.5) is 5.69 Å². The molecule has 0 bridgehead atoms. The minimum absolute atomic E-state index is 0.216. The Hall–Kier alpha value is -3.18. The van der Waals surface area contributed by atoms with Crippen molar-refractivity contribution in [2.24, 2.45) is 0 Å². The lowest BCUT2D eigenvalue weighted by molar-refractivity contribution is 0.102. The quantitative estimate of drug-likeness (QED) is 0.558. The van der Waals surface area contributed by atoms with Gasteiger partial charge in [0.2, 0.25) is 5.89 Å². The molecule has 0 atom stereocenters. The van der Waals surface area contributed by atoms with Gasteiger partial charge in [0.15, 0.2) is 5.69 Å². The highest BCUT2D eigenvalue weighted by molar-refractivity contribution is 6.02. The molecule has 0 spiro atoms. The summed E-state index contributed by atoms with van der Waals surface area (Å²) in [6.45, 7) is 2.26. The molecule has 1 heterocycles. The fraction of sp³-hybridized carbons (Fsp3) is 0.217. The number of anilines is 1.